The van der Waals surface area contributed by atoms with Gasteiger partial charge in [-0.3, -0.25) is 0 Å². The van der Waals surface area contributed by atoms with Crippen molar-refractivity contribution >= 4 is 5.69 Å². The van der Waals surface area contributed by atoms with E-state index >= 15 is 0 Å². The molecule has 2 aromatic heterocycles. The molecule has 4 bridgehead atoms. The summed E-state index contributed by atoms with van der Waals surface area (Å²) in [6.45, 7) is 8.96. The minimum atomic E-state index is -5.13. The van der Waals surface area contributed by atoms with E-state index in [1.807, 2.05) is 27.7 Å². The van der Waals surface area contributed by atoms with Crippen molar-refractivity contribution in [3.63, 3.8) is 0 Å². The minimum absolute atomic E-state index is 0.123. The Morgan fingerprint density at radius 1 is 1.02 bits per heavy atom. The van der Waals surface area contributed by atoms with Crippen LogP contribution in [0.25, 0.3) is 11.6 Å². The molecule has 3 atom stereocenters. The van der Waals surface area contributed by atoms with Crippen molar-refractivity contribution in [3.05, 3.63) is 53.4 Å². The van der Waals surface area contributed by atoms with Crippen LogP contribution in [0.2, 0.25) is 0 Å². The SMILES string of the molecule is CC.CC.C[C@@H]1CCCC(O)CC(OCc2ccccc2)(C(F)(F)F)c2nnc(o2)-c2nc(c(C(F)(F)F)cc2N)O1. The molecule has 14 heteroatoms. The summed E-state index contributed by atoms with van der Waals surface area (Å²) in [5.74, 6) is -2.56. The van der Waals surface area contributed by atoms with Crippen LogP contribution in [0.3, 0.4) is 0 Å². The smallest absolute Gasteiger partial charge is 0.426 e. The molecule has 1 aliphatic heterocycles. The predicted octanol–water partition coefficient (Wildman–Crippen LogP) is 7.46. The van der Waals surface area contributed by atoms with E-state index in [1.165, 1.54) is 6.92 Å². The van der Waals surface area contributed by atoms with E-state index < -0.39 is 77.8 Å². The Balaban J connectivity index is 0.00000148. The number of aliphatic hydroxyl groups excluding tert-OH is 1. The fraction of sp³-hybridized carbons (Fsp3) is 0.536. The molecule has 3 heterocycles. The summed E-state index contributed by atoms with van der Waals surface area (Å²) in [5, 5.41) is 17.7. The summed E-state index contributed by atoms with van der Waals surface area (Å²) in [5.41, 5.74) is 0.625. The van der Waals surface area contributed by atoms with Crippen molar-refractivity contribution in [2.45, 2.75) is 97.1 Å². The van der Waals surface area contributed by atoms with Crippen molar-refractivity contribution in [3.8, 4) is 17.5 Å². The maximum absolute atomic E-state index is 14.7. The first-order valence-electron chi connectivity index (χ1n) is 13.6. The normalized spacial score (nSPS) is 21.0. The Bertz CT molecular complexity index is 1250. The third-order valence-electron chi connectivity index (χ3n) is 6.07. The summed E-state index contributed by atoms with van der Waals surface area (Å²) in [7, 11) is 0. The van der Waals surface area contributed by atoms with Crippen LogP contribution in [-0.2, 0) is 23.1 Å². The summed E-state index contributed by atoms with van der Waals surface area (Å²) in [6.07, 6.45) is -13.2. The lowest BCUT2D eigenvalue weighted by Crippen LogP contribution is -2.47. The van der Waals surface area contributed by atoms with Crippen LogP contribution < -0.4 is 10.5 Å². The van der Waals surface area contributed by atoms with E-state index in [0.29, 0.717) is 11.6 Å². The number of fused-ring (bicyclic) bond motifs is 5. The Labute approximate surface area is 240 Å². The maximum atomic E-state index is 14.7. The van der Waals surface area contributed by atoms with Crippen molar-refractivity contribution in [1.82, 2.24) is 15.2 Å². The second-order valence-corrected chi connectivity index (χ2v) is 9.01. The van der Waals surface area contributed by atoms with Gasteiger partial charge in [-0.2, -0.15) is 26.3 Å². The Morgan fingerprint density at radius 3 is 2.26 bits per heavy atom. The fourth-order valence-electron chi connectivity index (χ4n) is 4.09. The van der Waals surface area contributed by atoms with E-state index in [-0.39, 0.29) is 19.3 Å². The Morgan fingerprint density at radius 2 is 1.67 bits per heavy atom. The molecule has 0 saturated carbocycles. The summed E-state index contributed by atoms with van der Waals surface area (Å²) in [6, 6.07) is 8.57. The molecular formula is C28H36F6N4O4. The molecule has 0 spiro atoms. The van der Waals surface area contributed by atoms with Crippen LogP contribution in [0.15, 0.2) is 40.8 Å². The average Bonchev–Trinajstić information content (AvgIpc) is 3.43. The Hall–Kier alpha value is -3.39. The van der Waals surface area contributed by atoms with Gasteiger partial charge < -0.3 is 24.7 Å². The number of nitrogens with zero attached hydrogens (tertiary/aromatic N) is 3. The largest absolute Gasteiger partial charge is 0.474 e. The molecule has 0 radical (unpaired) electrons. The first-order chi connectivity index (χ1) is 19.8. The zero-order chi connectivity index (χ0) is 31.7. The molecule has 0 amide bonds. The number of nitrogens with two attached hydrogens (primary N) is 1. The first kappa shape index (κ1) is 34.8. The lowest BCUT2D eigenvalue weighted by molar-refractivity contribution is -0.305. The maximum Gasteiger partial charge on any atom is 0.426 e. The van der Waals surface area contributed by atoms with Gasteiger partial charge in [-0.25, -0.2) is 4.98 Å². The number of pyridine rings is 1. The van der Waals surface area contributed by atoms with Gasteiger partial charge in [-0.15, -0.1) is 10.2 Å². The van der Waals surface area contributed by atoms with Crippen LogP contribution in [0.4, 0.5) is 32.0 Å². The van der Waals surface area contributed by atoms with Crippen LogP contribution in [0, 0.1) is 0 Å². The topological polar surface area (TPSA) is 117 Å². The number of ether oxygens (including phenoxy) is 2. The Kier molecular flexibility index (Phi) is 12.2. The number of aliphatic hydroxyl groups is 1. The molecule has 42 heavy (non-hydrogen) atoms. The lowest BCUT2D eigenvalue weighted by atomic mass is 9.92. The van der Waals surface area contributed by atoms with E-state index in [9.17, 15) is 31.4 Å². The van der Waals surface area contributed by atoms with Gasteiger partial charge in [0.25, 0.3) is 11.8 Å². The molecule has 1 aromatic carbocycles. The highest BCUT2D eigenvalue weighted by atomic mass is 19.4. The average molecular weight is 607 g/mol. The molecule has 0 aliphatic carbocycles. The number of alkyl halides is 6. The van der Waals surface area contributed by atoms with E-state index in [2.05, 4.69) is 15.2 Å². The molecule has 3 N–H and O–H groups in total. The number of rotatable bonds is 3. The van der Waals surface area contributed by atoms with E-state index in [0.717, 1.165) is 0 Å². The van der Waals surface area contributed by atoms with Crippen LogP contribution in [0.5, 0.6) is 5.88 Å². The molecule has 1 aliphatic rings. The minimum Gasteiger partial charge on any atom is -0.474 e. The van der Waals surface area contributed by atoms with Gasteiger partial charge in [0.1, 0.15) is 5.56 Å². The number of halogens is 6. The van der Waals surface area contributed by atoms with Gasteiger partial charge in [0, 0.05) is 6.42 Å². The van der Waals surface area contributed by atoms with Gasteiger partial charge in [-0.05, 0) is 37.8 Å². The van der Waals surface area contributed by atoms with Gasteiger partial charge in [0.05, 0.1) is 24.5 Å². The highest BCUT2D eigenvalue weighted by molar-refractivity contribution is 5.68. The van der Waals surface area contributed by atoms with Gasteiger partial charge >= 0.3 is 12.4 Å². The number of anilines is 1. The zero-order valence-electron chi connectivity index (χ0n) is 24.0. The van der Waals surface area contributed by atoms with Crippen LogP contribution in [-0.4, -0.2) is 38.7 Å². The highest BCUT2D eigenvalue weighted by Gasteiger charge is 2.62. The number of hydrogen-bond donors (Lipinski definition) is 2. The fourth-order valence-corrected chi connectivity index (χ4v) is 4.09. The van der Waals surface area contributed by atoms with E-state index in [1.54, 1.807) is 30.3 Å². The van der Waals surface area contributed by atoms with Crippen LogP contribution in [0.1, 0.15) is 77.3 Å². The standard InChI is InChI=1S/C24H24F6N4O4.2C2H6/c1-13-6-5-9-15(35)11-22(24(28,29)30,36-12-14-7-3-2-4-8-14)21-34-33-20(38-21)18-17(31)10-16(23(25,26)27)19(32-18)37-13;2*1-2/h2-4,7-8,10,13,15,35H,5-6,9,11-12,31H2,1H3;2*1-2H3/t13-,15?,22?;;/m1../s1. The van der Waals surface area contributed by atoms with Crippen molar-refractivity contribution in [1.29, 1.82) is 0 Å². The number of aromatic nitrogens is 3. The first-order valence-corrected chi connectivity index (χ1v) is 13.6. The highest BCUT2D eigenvalue weighted by Crippen LogP contribution is 2.47. The monoisotopic (exact) mass is 606 g/mol. The molecule has 2 unspecified atom stereocenters. The van der Waals surface area contributed by atoms with Crippen molar-refractivity contribution in [2.24, 2.45) is 0 Å². The van der Waals surface area contributed by atoms with Gasteiger partial charge in [0.2, 0.25) is 11.5 Å². The van der Waals surface area contributed by atoms with Gasteiger partial charge in [0.15, 0.2) is 5.69 Å². The molecule has 4 rings (SSSR count). The van der Waals surface area contributed by atoms with Gasteiger partial charge in [-0.1, -0.05) is 58.0 Å². The number of nitrogen functional groups attached to an aromatic ring is 1. The number of benzene rings is 1. The molecule has 3 aromatic rings. The predicted molar refractivity (Wildman–Crippen MR) is 143 cm³/mol. The second kappa shape index (κ2) is 14.7. The third-order valence-corrected chi connectivity index (χ3v) is 6.07. The molecule has 8 nitrogen and oxygen atoms in total. The van der Waals surface area contributed by atoms with E-state index in [4.69, 9.17) is 19.6 Å². The molecular weight excluding hydrogens is 570 g/mol. The quantitative estimate of drug-likeness (QED) is 0.295. The summed E-state index contributed by atoms with van der Waals surface area (Å²) in [4.78, 5) is 3.81. The summed E-state index contributed by atoms with van der Waals surface area (Å²) >= 11 is 0. The molecule has 0 fully saturated rings. The van der Waals surface area contributed by atoms with Crippen molar-refractivity contribution in [2.75, 3.05) is 5.73 Å². The summed E-state index contributed by atoms with van der Waals surface area (Å²) < 4.78 is 101. The molecule has 0 saturated heterocycles. The third kappa shape index (κ3) is 8.12. The zero-order valence-corrected chi connectivity index (χ0v) is 24.0. The lowest BCUT2D eigenvalue weighted by Gasteiger charge is -2.34. The molecule has 234 valence electrons. The number of hydrogen-bond acceptors (Lipinski definition) is 8. The second-order valence-electron chi connectivity index (χ2n) is 9.01. The van der Waals surface area contributed by atoms with Crippen molar-refractivity contribution < 1.29 is 45.3 Å². The van der Waals surface area contributed by atoms with Crippen LogP contribution >= 0.6 is 0 Å².